The Kier molecular flexibility index (Phi) is 4.95. The Balaban J connectivity index is 1.89. The monoisotopic (exact) mass is 378 g/mol. The topological polar surface area (TPSA) is 50.7 Å². The van der Waals surface area contributed by atoms with Gasteiger partial charge in [-0.25, -0.2) is 15.0 Å². The van der Waals surface area contributed by atoms with Gasteiger partial charge in [0.15, 0.2) is 0 Å². The van der Waals surface area contributed by atoms with Crippen LogP contribution < -0.4 is 5.32 Å². The number of hydrogen-bond acceptors (Lipinski definition) is 5. The van der Waals surface area contributed by atoms with Crippen LogP contribution in [0.3, 0.4) is 0 Å². The largest absolute Gasteiger partial charge is 0.416 e. The second-order valence-electron chi connectivity index (χ2n) is 6.09. The number of alkyl halides is 3. The van der Waals surface area contributed by atoms with E-state index in [2.05, 4.69) is 34.1 Å². The quantitative estimate of drug-likeness (QED) is 0.624. The van der Waals surface area contributed by atoms with Crippen LogP contribution in [-0.4, -0.2) is 15.0 Å². The zero-order valence-electron chi connectivity index (χ0n) is 14.4. The lowest BCUT2D eigenvalue weighted by Crippen LogP contribution is -2.05. The van der Waals surface area contributed by atoms with Crippen molar-refractivity contribution >= 4 is 23.0 Å². The molecule has 3 rings (SSSR count). The summed E-state index contributed by atoms with van der Waals surface area (Å²) < 4.78 is 38.5. The highest BCUT2D eigenvalue weighted by atomic mass is 32.1. The van der Waals surface area contributed by atoms with Crippen LogP contribution in [0.4, 0.5) is 24.8 Å². The molecule has 136 valence electrons. The van der Waals surface area contributed by atoms with Crippen molar-refractivity contribution in [3.05, 3.63) is 52.8 Å². The van der Waals surface area contributed by atoms with Crippen molar-refractivity contribution in [2.45, 2.75) is 32.9 Å². The van der Waals surface area contributed by atoms with Gasteiger partial charge >= 0.3 is 6.18 Å². The number of aryl methyl sites for hydroxylation is 1. The minimum atomic E-state index is -4.40. The van der Waals surface area contributed by atoms with E-state index < -0.39 is 11.7 Å². The zero-order chi connectivity index (χ0) is 18.9. The highest BCUT2D eigenvalue weighted by Crippen LogP contribution is 2.33. The van der Waals surface area contributed by atoms with E-state index in [0.717, 1.165) is 27.7 Å². The molecule has 0 fully saturated rings. The molecule has 0 atom stereocenters. The fourth-order valence-electron chi connectivity index (χ4n) is 2.35. The summed E-state index contributed by atoms with van der Waals surface area (Å²) in [6.07, 6.45) is -2.82. The van der Waals surface area contributed by atoms with Crippen molar-refractivity contribution in [2.24, 2.45) is 0 Å². The second kappa shape index (κ2) is 7.03. The first-order valence-corrected chi connectivity index (χ1v) is 8.80. The molecule has 0 amide bonds. The Morgan fingerprint density at radius 2 is 1.88 bits per heavy atom. The highest BCUT2D eigenvalue weighted by molar-refractivity contribution is 7.15. The molecule has 0 radical (unpaired) electrons. The van der Waals surface area contributed by atoms with Crippen LogP contribution in [0, 0.1) is 6.92 Å². The third-order valence-electron chi connectivity index (χ3n) is 3.64. The molecule has 1 aromatic carbocycles. The summed E-state index contributed by atoms with van der Waals surface area (Å²) in [5.74, 6) is 0.553. The van der Waals surface area contributed by atoms with Crippen molar-refractivity contribution in [1.82, 2.24) is 15.0 Å². The fourth-order valence-corrected chi connectivity index (χ4v) is 3.39. The maximum atomic E-state index is 12.8. The number of benzene rings is 1. The van der Waals surface area contributed by atoms with Gasteiger partial charge < -0.3 is 5.32 Å². The number of nitrogens with zero attached hydrogens (tertiary/aromatic N) is 3. The maximum Gasteiger partial charge on any atom is 0.416 e. The summed E-state index contributed by atoms with van der Waals surface area (Å²) in [5, 5.41) is 3.85. The number of halogens is 3. The summed E-state index contributed by atoms with van der Waals surface area (Å²) in [4.78, 5) is 14.0. The van der Waals surface area contributed by atoms with Crippen molar-refractivity contribution in [3.63, 3.8) is 0 Å². The van der Waals surface area contributed by atoms with E-state index in [1.54, 1.807) is 29.7 Å². The Labute approximate surface area is 153 Å². The van der Waals surface area contributed by atoms with Crippen LogP contribution in [0.1, 0.15) is 36.0 Å². The Hall–Kier alpha value is -2.48. The van der Waals surface area contributed by atoms with E-state index in [1.807, 2.05) is 6.92 Å². The number of rotatable bonds is 4. The molecule has 26 heavy (non-hydrogen) atoms. The van der Waals surface area contributed by atoms with Gasteiger partial charge in [-0.1, -0.05) is 19.9 Å². The van der Waals surface area contributed by atoms with Gasteiger partial charge in [0.1, 0.15) is 0 Å². The second-order valence-corrected chi connectivity index (χ2v) is 7.12. The molecule has 0 aliphatic rings. The van der Waals surface area contributed by atoms with E-state index in [0.29, 0.717) is 11.6 Å². The number of hydrogen-bond donors (Lipinski definition) is 1. The van der Waals surface area contributed by atoms with Crippen LogP contribution in [0.25, 0.3) is 10.6 Å². The molecule has 2 heterocycles. The van der Waals surface area contributed by atoms with E-state index in [9.17, 15) is 13.2 Å². The van der Waals surface area contributed by atoms with Crippen LogP contribution in [-0.2, 0) is 6.18 Å². The SMILES string of the molecule is Cc1nc(C(C)C)sc1-c1ccnc(Nc2cccc(C(F)(F)F)c2)n1. The first-order valence-electron chi connectivity index (χ1n) is 7.99. The van der Waals surface area contributed by atoms with Crippen LogP contribution in [0.15, 0.2) is 36.5 Å². The molecule has 2 aromatic heterocycles. The summed E-state index contributed by atoms with van der Waals surface area (Å²) in [6, 6.07) is 6.71. The third kappa shape index (κ3) is 4.01. The maximum absolute atomic E-state index is 12.8. The third-order valence-corrected chi connectivity index (χ3v) is 5.12. The number of aromatic nitrogens is 3. The lowest BCUT2D eigenvalue weighted by atomic mass is 10.2. The molecule has 0 unspecified atom stereocenters. The molecule has 1 N–H and O–H groups in total. The molecule has 4 nitrogen and oxygen atoms in total. The molecule has 0 saturated heterocycles. The Morgan fingerprint density at radius 1 is 1.12 bits per heavy atom. The Morgan fingerprint density at radius 3 is 2.54 bits per heavy atom. The predicted molar refractivity (Wildman–Crippen MR) is 96.7 cm³/mol. The van der Waals surface area contributed by atoms with E-state index in [1.165, 1.54) is 6.07 Å². The highest BCUT2D eigenvalue weighted by Gasteiger charge is 2.30. The number of anilines is 2. The van der Waals surface area contributed by atoms with E-state index in [-0.39, 0.29) is 11.6 Å². The smallest absolute Gasteiger partial charge is 0.324 e. The molecule has 0 spiro atoms. The van der Waals surface area contributed by atoms with Crippen LogP contribution in [0.5, 0.6) is 0 Å². The molecular weight excluding hydrogens is 361 g/mol. The van der Waals surface area contributed by atoms with Gasteiger partial charge in [0.2, 0.25) is 5.95 Å². The lowest BCUT2D eigenvalue weighted by molar-refractivity contribution is -0.137. The molecule has 8 heteroatoms. The summed E-state index contributed by atoms with van der Waals surface area (Å²) in [7, 11) is 0. The first-order chi connectivity index (χ1) is 12.2. The number of nitrogens with one attached hydrogen (secondary N) is 1. The minimum Gasteiger partial charge on any atom is -0.324 e. The van der Waals surface area contributed by atoms with Gasteiger partial charge in [-0.3, -0.25) is 0 Å². The fraction of sp³-hybridized carbons (Fsp3) is 0.278. The van der Waals surface area contributed by atoms with Crippen molar-refractivity contribution in [2.75, 3.05) is 5.32 Å². The normalized spacial score (nSPS) is 11.8. The van der Waals surface area contributed by atoms with Gasteiger partial charge in [0, 0.05) is 17.8 Å². The first kappa shape index (κ1) is 18.3. The van der Waals surface area contributed by atoms with Crippen LogP contribution in [0.2, 0.25) is 0 Å². The van der Waals surface area contributed by atoms with E-state index >= 15 is 0 Å². The molecule has 0 bridgehead atoms. The average molecular weight is 378 g/mol. The molecule has 3 aromatic rings. The molecule has 0 aliphatic carbocycles. The summed E-state index contributed by atoms with van der Waals surface area (Å²) >= 11 is 1.56. The average Bonchev–Trinajstić information content (AvgIpc) is 2.97. The van der Waals surface area contributed by atoms with Gasteiger partial charge in [-0.05, 0) is 31.2 Å². The summed E-state index contributed by atoms with van der Waals surface area (Å²) in [6.45, 7) is 6.06. The molecule has 0 saturated carbocycles. The lowest BCUT2D eigenvalue weighted by Gasteiger charge is -2.10. The summed E-state index contributed by atoms with van der Waals surface area (Å²) in [5.41, 5.74) is 1.12. The molecular formula is C18H17F3N4S. The minimum absolute atomic E-state index is 0.237. The van der Waals surface area contributed by atoms with Gasteiger partial charge in [-0.2, -0.15) is 13.2 Å². The zero-order valence-corrected chi connectivity index (χ0v) is 15.2. The van der Waals surface area contributed by atoms with Gasteiger partial charge in [0.25, 0.3) is 0 Å². The van der Waals surface area contributed by atoms with Gasteiger partial charge in [-0.15, -0.1) is 11.3 Å². The standard InChI is InChI=1S/C18H17F3N4S/c1-10(2)16-23-11(3)15(26-16)14-7-8-22-17(25-14)24-13-6-4-5-12(9-13)18(19,20)21/h4-10H,1-3H3,(H,22,24,25). The molecule has 0 aliphatic heterocycles. The van der Waals surface area contributed by atoms with Crippen molar-refractivity contribution in [3.8, 4) is 10.6 Å². The van der Waals surface area contributed by atoms with Crippen molar-refractivity contribution < 1.29 is 13.2 Å². The van der Waals surface area contributed by atoms with Crippen LogP contribution >= 0.6 is 11.3 Å². The van der Waals surface area contributed by atoms with E-state index in [4.69, 9.17) is 0 Å². The number of thiazole rings is 1. The van der Waals surface area contributed by atoms with Gasteiger partial charge in [0.05, 0.1) is 26.8 Å². The van der Waals surface area contributed by atoms with Crippen molar-refractivity contribution in [1.29, 1.82) is 0 Å². The predicted octanol–water partition coefficient (Wildman–Crippen LogP) is 5.79. The Bertz CT molecular complexity index is 919.